The van der Waals surface area contributed by atoms with E-state index in [-0.39, 0.29) is 36.8 Å². The first-order valence-electron chi connectivity index (χ1n) is 10.2. The van der Waals surface area contributed by atoms with Crippen molar-refractivity contribution in [3.8, 4) is 10.4 Å². The first-order chi connectivity index (χ1) is 16.8. The predicted molar refractivity (Wildman–Crippen MR) is 122 cm³/mol. The number of hydrogen-bond donors (Lipinski definition) is 2. The second-order valence-corrected chi connectivity index (χ2v) is 8.73. The van der Waals surface area contributed by atoms with Crippen LogP contribution in [0.3, 0.4) is 0 Å². The van der Waals surface area contributed by atoms with Gasteiger partial charge in [-0.1, -0.05) is 0 Å². The average Bonchev–Trinajstić information content (AvgIpc) is 3.39. The van der Waals surface area contributed by atoms with Gasteiger partial charge in [0.25, 0.3) is 11.6 Å². The van der Waals surface area contributed by atoms with Gasteiger partial charge in [0.2, 0.25) is 0 Å². The number of thiophene rings is 1. The third kappa shape index (κ3) is 7.21. The van der Waals surface area contributed by atoms with Crippen LogP contribution in [-0.2, 0) is 17.9 Å². The van der Waals surface area contributed by atoms with E-state index in [2.05, 4.69) is 5.10 Å². The Kier molecular flexibility index (Phi) is 9.47. The van der Waals surface area contributed by atoms with Gasteiger partial charge in [0.05, 0.1) is 18.7 Å². The predicted octanol–water partition coefficient (Wildman–Crippen LogP) is 3.31. The second-order valence-electron chi connectivity index (χ2n) is 7.56. The Balaban J connectivity index is 0.000000572. The molecular weight excluding hydrogens is 513 g/mol. The van der Waals surface area contributed by atoms with Gasteiger partial charge in [-0.25, -0.2) is 14.3 Å². The molecule has 0 saturated carbocycles. The van der Waals surface area contributed by atoms with E-state index < -0.39 is 23.9 Å². The maximum atomic E-state index is 12.8. The van der Waals surface area contributed by atoms with Crippen LogP contribution in [0.1, 0.15) is 24.8 Å². The summed E-state index contributed by atoms with van der Waals surface area (Å²) in [6.07, 6.45) is -3.92. The Morgan fingerprint density at radius 3 is 2.36 bits per heavy atom. The molecule has 0 amide bonds. The van der Waals surface area contributed by atoms with Gasteiger partial charge in [-0.2, -0.15) is 27.1 Å². The molecule has 36 heavy (non-hydrogen) atoms. The van der Waals surface area contributed by atoms with Gasteiger partial charge >= 0.3 is 17.8 Å². The highest BCUT2D eigenvalue weighted by Gasteiger charge is 2.38. The summed E-state index contributed by atoms with van der Waals surface area (Å²) in [7, 11) is 0. The molecule has 0 aliphatic rings. The highest BCUT2D eigenvalue weighted by molar-refractivity contribution is 7.15. The molecule has 15 heteroatoms. The Bertz CT molecular complexity index is 1350. The molecule has 3 aromatic rings. The standard InChI is InChI=1S/C19H21F2N5O2S.C2HF3O2/c1-12(2)25-7-3-4-15(18(25)27)16-6-5-14(29-16)10-24-11-23-26(19(24)28)9-13(8-22)17(20)21;3-2(4,5)1(6)7/h3-7,11-12H,8-10,22H2,1-2H3;(H,6,7). The smallest absolute Gasteiger partial charge is 0.475 e. The minimum Gasteiger partial charge on any atom is -0.475 e. The van der Waals surface area contributed by atoms with Crippen molar-refractivity contribution >= 4 is 17.3 Å². The molecule has 0 bridgehead atoms. The molecule has 3 aromatic heterocycles. The molecule has 0 aliphatic carbocycles. The van der Waals surface area contributed by atoms with Crippen LogP contribution in [0.25, 0.3) is 10.4 Å². The highest BCUT2D eigenvalue weighted by atomic mass is 32.1. The quantitative estimate of drug-likeness (QED) is 0.448. The molecule has 3 heterocycles. The van der Waals surface area contributed by atoms with E-state index in [0.29, 0.717) is 5.56 Å². The molecule has 0 atom stereocenters. The highest BCUT2D eigenvalue weighted by Crippen LogP contribution is 2.26. The number of nitrogens with zero attached hydrogens (tertiary/aromatic N) is 4. The molecule has 0 saturated heterocycles. The first kappa shape index (κ1) is 28.6. The van der Waals surface area contributed by atoms with Crippen molar-refractivity contribution in [2.45, 2.75) is 39.2 Å². The summed E-state index contributed by atoms with van der Waals surface area (Å²) in [4.78, 5) is 35.6. The van der Waals surface area contributed by atoms with Crippen molar-refractivity contribution in [1.29, 1.82) is 0 Å². The average molecular weight is 535 g/mol. The zero-order valence-corrected chi connectivity index (χ0v) is 19.8. The van der Waals surface area contributed by atoms with Gasteiger partial charge in [-0.15, -0.1) is 11.3 Å². The van der Waals surface area contributed by atoms with E-state index in [9.17, 15) is 31.5 Å². The van der Waals surface area contributed by atoms with Crippen LogP contribution >= 0.6 is 11.3 Å². The Labute approximate surface area is 204 Å². The second kappa shape index (κ2) is 11.9. The van der Waals surface area contributed by atoms with Crippen LogP contribution < -0.4 is 17.0 Å². The van der Waals surface area contributed by atoms with Gasteiger partial charge in [0.1, 0.15) is 6.33 Å². The van der Waals surface area contributed by atoms with Gasteiger partial charge in [-0.3, -0.25) is 9.36 Å². The van der Waals surface area contributed by atoms with Crippen LogP contribution in [0.4, 0.5) is 22.0 Å². The summed E-state index contributed by atoms with van der Waals surface area (Å²) in [6.45, 7) is 3.42. The number of nitrogens with two attached hydrogens (primary N) is 1. The van der Waals surface area contributed by atoms with Crippen molar-refractivity contribution < 1.29 is 31.9 Å². The van der Waals surface area contributed by atoms with Crippen LogP contribution in [-0.4, -0.2) is 42.7 Å². The number of halogens is 5. The fraction of sp³-hybridized carbons (Fsp3) is 0.333. The molecule has 3 N–H and O–H groups in total. The summed E-state index contributed by atoms with van der Waals surface area (Å²) >= 11 is 1.40. The molecule has 9 nitrogen and oxygen atoms in total. The minimum atomic E-state index is -5.08. The number of aromatic nitrogens is 4. The van der Waals surface area contributed by atoms with Gasteiger partial charge in [0, 0.05) is 34.1 Å². The topological polar surface area (TPSA) is 125 Å². The lowest BCUT2D eigenvalue weighted by Crippen LogP contribution is -2.27. The van der Waals surface area contributed by atoms with Crippen LogP contribution in [0.5, 0.6) is 0 Å². The SMILES string of the molecule is CC(C)n1cccc(-c2ccc(Cn3cnn(CC(CN)=C(F)F)c3=O)s2)c1=O.O=C(O)C(F)(F)F. The van der Waals surface area contributed by atoms with E-state index in [4.69, 9.17) is 15.6 Å². The molecule has 0 aliphatic heterocycles. The minimum absolute atomic E-state index is 0.0490. The van der Waals surface area contributed by atoms with Gasteiger partial charge in [0.15, 0.2) is 0 Å². The zero-order valence-electron chi connectivity index (χ0n) is 19.0. The number of pyridine rings is 1. The van der Waals surface area contributed by atoms with Crippen molar-refractivity contribution in [3.63, 3.8) is 0 Å². The molecule has 0 aromatic carbocycles. The number of alkyl halides is 3. The monoisotopic (exact) mass is 535 g/mol. The summed E-state index contributed by atoms with van der Waals surface area (Å²) < 4.78 is 61.2. The maximum absolute atomic E-state index is 12.8. The third-order valence-corrected chi connectivity index (χ3v) is 5.78. The molecule has 3 rings (SSSR count). The normalized spacial score (nSPS) is 11.2. The van der Waals surface area contributed by atoms with Gasteiger partial charge in [-0.05, 0) is 38.1 Å². The lowest BCUT2D eigenvalue weighted by atomic mass is 10.2. The summed E-state index contributed by atoms with van der Waals surface area (Å²) in [5.41, 5.74) is 4.97. The van der Waals surface area contributed by atoms with E-state index in [0.717, 1.165) is 14.4 Å². The van der Waals surface area contributed by atoms with Crippen LogP contribution in [0, 0.1) is 0 Å². The Hall–Kier alpha value is -3.59. The van der Waals surface area contributed by atoms with Crippen molar-refractivity contribution in [3.05, 3.63) is 74.2 Å². The van der Waals surface area contributed by atoms with E-state index in [1.165, 1.54) is 22.2 Å². The lowest BCUT2D eigenvalue weighted by molar-refractivity contribution is -0.192. The number of carbonyl (C=O) groups is 1. The molecule has 0 radical (unpaired) electrons. The third-order valence-electron chi connectivity index (χ3n) is 4.68. The largest absolute Gasteiger partial charge is 0.490 e. The fourth-order valence-corrected chi connectivity index (χ4v) is 3.87. The maximum Gasteiger partial charge on any atom is 0.490 e. The fourth-order valence-electron chi connectivity index (χ4n) is 2.85. The Morgan fingerprint density at radius 2 is 1.83 bits per heavy atom. The van der Waals surface area contributed by atoms with Gasteiger partial charge < -0.3 is 15.4 Å². The Morgan fingerprint density at radius 1 is 1.19 bits per heavy atom. The zero-order chi connectivity index (χ0) is 27.2. The number of rotatable bonds is 7. The summed E-state index contributed by atoms with van der Waals surface area (Å²) in [5.74, 6) is -2.76. The van der Waals surface area contributed by atoms with E-state index in [1.54, 1.807) is 16.8 Å². The number of carboxylic acids is 1. The molecule has 196 valence electrons. The molecule has 0 spiro atoms. The number of hydrogen-bond acceptors (Lipinski definition) is 6. The van der Waals surface area contributed by atoms with Crippen LogP contribution in [0.2, 0.25) is 0 Å². The lowest BCUT2D eigenvalue weighted by Gasteiger charge is -2.10. The summed E-state index contributed by atoms with van der Waals surface area (Å²) in [5, 5.41) is 11.0. The van der Waals surface area contributed by atoms with E-state index >= 15 is 0 Å². The van der Waals surface area contributed by atoms with Crippen molar-refractivity contribution in [2.75, 3.05) is 6.54 Å². The first-order valence-corrected chi connectivity index (χ1v) is 11.0. The van der Waals surface area contributed by atoms with Crippen LogP contribution in [0.15, 0.2) is 58.0 Å². The molecular formula is C21H22F5N5O4S. The molecule has 0 fully saturated rings. The number of carboxylic acid groups (broad SMARTS) is 1. The van der Waals surface area contributed by atoms with Crippen molar-refractivity contribution in [2.24, 2.45) is 5.73 Å². The molecule has 0 unspecified atom stereocenters. The van der Waals surface area contributed by atoms with Crippen molar-refractivity contribution in [1.82, 2.24) is 18.9 Å². The van der Waals surface area contributed by atoms with E-state index in [1.807, 2.05) is 32.0 Å². The summed E-state index contributed by atoms with van der Waals surface area (Å²) in [6, 6.07) is 7.32. The number of aliphatic carboxylic acids is 1.